The molecule has 29 heavy (non-hydrogen) atoms. The van der Waals surface area contributed by atoms with Crippen LogP contribution in [0.25, 0.3) is 0 Å². The van der Waals surface area contributed by atoms with Crippen LogP contribution in [0.1, 0.15) is 11.1 Å². The van der Waals surface area contributed by atoms with Gasteiger partial charge in [0.05, 0.1) is 11.4 Å². The molecule has 0 aromatic heterocycles. The molecule has 150 valence electrons. The molecule has 9 heteroatoms. The average Bonchev–Trinajstić information content (AvgIpc) is 2.65. The van der Waals surface area contributed by atoms with Crippen molar-refractivity contribution in [1.29, 1.82) is 0 Å². The first kappa shape index (κ1) is 23.9. The zero-order chi connectivity index (χ0) is 20.3. The van der Waals surface area contributed by atoms with E-state index in [1.54, 1.807) is 24.3 Å². The Kier molecular flexibility index (Phi) is 8.74. The standard InChI is InChI=1S/C20H12Br2Cl2N2O2.Ni/c21-15-7-13(23)5-11(19(15)27)9-25-17-3-1-2-4-18(17)26-10-12-6-14(24)8-16(22)20(12)28;/h1-10,27-28H;/q;+2/p-2. The maximum Gasteiger partial charge on any atom is 2.00 e. The predicted octanol–water partition coefficient (Wildman–Crippen LogP) is 6.16. The molecule has 0 atom stereocenters. The number of nitrogens with zero attached hydrogens (tertiary/aromatic N) is 2. The largest absolute Gasteiger partial charge is 2.00 e. The fraction of sp³-hybridized carbons (Fsp3) is 0. The normalized spacial score (nSPS) is 11.2. The SMILES string of the molecule is [Ni+2].[O-]c1c(Br)cc(Cl)cc1C=Nc1ccccc1N=Cc1cc(Cl)cc(Br)c1[O-]. The van der Waals surface area contributed by atoms with Crippen LogP contribution < -0.4 is 10.2 Å². The van der Waals surface area contributed by atoms with Crippen LogP contribution in [-0.4, -0.2) is 12.4 Å². The van der Waals surface area contributed by atoms with E-state index in [2.05, 4.69) is 41.8 Å². The summed E-state index contributed by atoms with van der Waals surface area (Å²) in [5, 5.41) is 25.2. The molecule has 0 spiro atoms. The third-order valence-electron chi connectivity index (χ3n) is 3.64. The minimum atomic E-state index is -0.214. The molecule has 0 saturated heterocycles. The van der Waals surface area contributed by atoms with E-state index in [4.69, 9.17) is 23.2 Å². The number of hydrogen-bond donors (Lipinski definition) is 0. The first-order valence-corrected chi connectivity index (χ1v) is 10.2. The van der Waals surface area contributed by atoms with Crippen molar-refractivity contribution in [3.05, 3.63) is 78.6 Å². The number of rotatable bonds is 4. The predicted molar refractivity (Wildman–Crippen MR) is 118 cm³/mol. The van der Waals surface area contributed by atoms with E-state index in [-0.39, 0.29) is 28.0 Å². The Morgan fingerprint density at radius 1 is 0.724 bits per heavy atom. The monoisotopic (exact) mass is 596 g/mol. The number of hydrogen-bond acceptors (Lipinski definition) is 4. The molecule has 3 aromatic rings. The zero-order valence-corrected chi connectivity index (χ0v) is 20.0. The summed E-state index contributed by atoms with van der Waals surface area (Å²) in [7, 11) is 0. The summed E-state index contributed by atoms with van der Waals surface area (Å²) in [6, 6.07) is 13.2. The van der Waals surface area contributed by atoms with Crippen molar-refractivity contribution in [2.24, 2.45) is 9.98 Å². The van der Waals surface area contributed by atoms with E-state index >= 15 is 0 Å². The van der Waals surface area contributed by atoms with E-state index in [1.165, 1.54) is 36.7 Å². The Morgan fingerprint density at radius 2 is 1.10 bits per heavy atom. The molecule has 0 radical (unpaired) electrons. The number of halogens is 4. The molecular weight excluding hydrogens is 590 g/mol. The Bertz CT molecular complexity index is 1020. The summed E-state index contributed by atoms with van der Waals surface area (Å²) in [5.41, 5.74) is 1.75. The fourth-order valence-electron chi connectivity index (χ4n) is 2.31. The van der Waals surface area contributed by atoms with Crippen molar-refractivity contribution in [1.82, 2.24) is 0 Å². The van der Waals surface area contributed by atoms with E-state index in [1.807, 2.05) is 0 Å². The van der Waals surface area contributed by atoms with Gasteiger partial charge in [-0.3, -0.25) is 9.98 Å². The van der Waals surface area contributed by atoms with Crippen molar-refractivity contribution in [3.63, 3.8) is 0 Å². The zero-order valence-electron chi connectivity index (χ0n) is 14.3. The first-order valence-electron chi connectivity index (χ1n) is 7.84. The average molecular weight is 600 g/mol. The Balaban J connectivity index is 0.00000300. The molecule has 0 heterocycles. The van der Waals surface area contributed by atoms with Gasteiger partial charge in [0.1, 0.15) is 0 Å². The second-order valence-corrected chi connectivity index (χ2v) is 8.20. The van der Waals surface area contributed by atoms with E-state index < -0.39 is 0 Å². The number of aliphatic imine (C=N–C) groups is 2. The van der Waals surface area contributed by atoms with E-state index in [0.717, 1.165) is 0 Å². The molecule has 0 fully saturated rings. The van der Waals surface area contributed by atoms with Gasteiger partial charge in [0, 0.05) is 31.4 Å². The summed E-state index contributed by atoms with van der Waals surface area (Å²) >= 11 is 18.4. The topological polar surface area (TPSA) is 70.8 Å². The van der Waals surface area contributed by atoms with Crippen LogP contribution in [0.5, 0.6) is 11.5 Å². The van der Waals surface area contributed by atoms with Crippen molar-refractivity contribution in [3.8, 4) is 11.5 Å². The van der Waals surface area contributed by atoms with E-state index in [0.29, 0.717) is 41.5 Å². The van der Waals surface area contributed by atoms with E-state index in [9.17, 15) is 10.2 Å². The van der Waals surface area contributed by atoms with Crippen molar-refractivity contribution in [2.45, 2.75) is 0 Å². The molecule has 0 aliphatic heterocycles. The molecule has 0 N–H and O–H groups in total. The van der Waals surface area contributed by atoms with Crippen LogP contribution in [0.15, 0.2) is 67.5 Å². The van der Waals surface area contributed by atoms with Crippen LogP contribution in [-0.2, 0) is 16.5 Å². The molecule has 0 bridgehead atoms. The van der Waals surface area contributed by atoms with Gasteiger partial charge in [-0.1, -0.05) is 78.7 Å². The smallest absolute Gasteiger partial charge is 0.871 e. The van der Waals surface area contributed by atoms with Gasteiger partial charge in [-0.05, 0) is 47.5 Å². The maximum atomic E-state index is 12.2. The summed E-state index contributed by atoms with van der Waals surface area (Å²) in [5.74, 6) is -0.428. The second kappa shape index (κ2) is 10.6. The Hall–Kier alpha value is -1.37. The quantitative estimate of drug-likeness (QED) is 0.266. The molecule has 0 amide bonds. The van der Waals surface area contributed by atoms with Crippen LogP contribution in [0, 0.1) is 0 Å². The van der Waals surface area contributed by atoms with Crippen LogP contribution in [0.2, 0.25) is 10.0 Å². The molecule has 0 aliphatic rings. The Labute approximate surface area is 204 Å². The summed E-state index contributed by atoms with van der Waals surface area (Å²) in [6.45, 7) is 0. The molecule has 0 unspecified atom stereocenters. The van der Waals surface area contributed by atoms with Gasteiger partial charge in [-0.15, -0.1) is 0 Å². The molecule has 3 rings (SSSR count). The molecular formula is C20H10Br2Cl2N2NiO2. The fourth-order valence-corrected chi connectivity index (χ4v) is 3.98. The molecule has 4 nitrogen and oxygen atoms in total. The van der Waals surface area contributed by atoms with Gasteiger partial charge < -0.3 is 10.2 Å². The van der Waals surface area contributed by atoms with Crippen molar-refractivity contribution in [2.75, 3.05) is 0 Å². The summed E-state index contributed by atoms with van der Waals surface area (Å²) < 4.78 is 0.726. The third-order valence-corrected chi connectivity index (χ3v) is 5.26. The maximum absolute atomic E-state index is 12.2. The number of benzene rings is 3. The Morgan fingerprint density at radius 3 is 1.48 bits per heavy atom. The van der Waals surface area contributed by atoms with Crippen molar-refractivity contribution < 1.29 is 26.7 Å². The minimum absolute atomic E-state index is 0. The van der Waals surface area contributed by atoms with Gasteiger partial charge >= 0.3 is 16.5 Å². The second-order valence-electron chi connectivity index (χ2n) is 5.62. The van der Waals surface area contributed by atoms with Crippen molar-refractivity contribution >= 4 is 78.9 Å². The van der Waals surface area contributed by atoms with Gasteiger partial charge in [0.2, 0.25) is 0 Å². The molecule has 0 aliphatic carbocycles. The van der Waals surface area contributed by atoms with Crippen LogP contribution in [0.3, 0.4) is 0 Å². The third kappa shape index (κ3) is 6.06. The van der Waals surface area contributed by atoms with Crippen LogP contribution >= 0.6 is 55.1 Å². The molecule has 3 aromatic carbocycles. The minimum Gasteiger partial charge on any atom is -0.871 e. The van der Waals surface area contributed by atoms with Gasteiger partial charge in [0.25, 0.3) is 0 Å². The van der Waals surface area contributed by atoms with Crippen LogP contribution in [0.4, 0.5) is 11.4 Å². The van der Waals surface area contributed by atoms with Gasteiger partial charge in [-0.2, -0.15) is 0 Å². The summed E-state index contributed by atoms with van der Waals surface area (Å²) in [6.07, 6.45) is 2.87. The van der Waals surface area contributed by atoms with Gasteiger partial charge in [0.15, 0.2) is 0 Å². The molecule has 0 saturated carbocycles. The first-order chi connectivity index (χ1) is 13.3. The summed E-state index contributed by atoms with van der Waals surface area (Å²) in [4.78, 5) is 8.72. The van der Waals surface area contributed by atoms with Gasteiger partial charge in [-0.25, -0.2) is 0 Å². The number of para-hydroxylation sites is 2.